The highest BCUT2D eigenvalue weighted by Crippen LogP contribution is 2.51. The van der Waals surface area contributed by atoms with E-state index in [1.54, 1.807) is 37.5 Å². The van der Waals surface area contributed by atoms with Gasteiger partial charge in [0.15, 0.2) is 0 Å². The fraction of sp³-hybridized carbons (Fsp3) is 0.0357. The van der Waals surface area contributed by atoms with Crippen LogP contribution in [0.3, 0.4) is 0 Å². The van der Waals surface area contributed by atoms with Crippen LogP contribution in [0, 0.1) is 0 Å². The van der Waals surface area contributed by atoms with Gasteiger partial charge in [0.25, 0.3) is 0 Å². The molecule has 5 nitrogen and oxygen atoms in total. The van der Waals surface area contributed by atoms with Gasteiger partial charge < -0.3 is 9.05 Å². The van der Waals surface area contributed by atoms with E-state index in [1.807, 2.05) is 60.7 Å². The first kappa shape index (κ1) is 21.7. The Bertz CT molecular complexity index is 1400. The minimum absolute atomic E-state index is 0.430. The van der Waals surface area contributed by atoms with Crippen LogP contribution in [0.2, 0.25) is 0 Å². The van der Waals surface area contributed by atoms with E-state index in [0.29, 0.717) is 11.5 Å². The number of fused-ring (bicyclic) bond motifs is 2. The Morgan fingerprint density at radius 3 is 1.62 bits per heavy atom. The first-order valence-corrected chi connectivity index (χ1v) is 12.4. The van der Waals surface area contributed by atoms with Crippen molar-refractivity contribution in [1.29, 1.82) is 0 Å². The number of hydrogen-bond acceptors (Lipinski definition) is 4. The first-order valence-electron chi connectivity index (χ1n) is 10.9. The van der Waals surface area contributed by atoms with Crippen LogP contribution in [-0.2, 0) is 4.57 Å². The molecule has 0 saturated carbocycles. The van der Waals surface area contributed by atoms with E-state index in [1.165, 1.54) is 4.78 Å². The molecule has 0 bridgehead atoms. The van der Waals surface area contributed by atoms with Gasteiger partial charge in [0.2, 0.25) is 0 Å². The minimum Gasteiger partial charge on any atom is -0.399 e. The molecular formula is C28H23N2O3P. The Balaban J connectivity index is 1.55. The zero-order chi connectivity index (χ0) is 23.4. The van der Waals surface area contributed by atoms with E-state index in [2.05, 4.69) is 35.4 Å². The van der Waals surface area contributed by atoms with E-state index in [-0.39, 0.29) is 0 Å². The lowest BCUT2D eigenvalue weighted by Gasteiger charge is -2.25. The third-order valence-corrected chi connectivity index (χ3v) is 7.14. The summed E-state index contributed by atoms with van der Waals surface area (Å²) < 4.78 is 27.0. The molecule has 5 rings (SSSR count). The van der Waals surface area contributed by atoms with Gasteiger partial charge in [-0.2, -0.15) is 9.88 Å². The summed E-state index contributed by atoms with van der Waals surface area (Å²) in [4.78, 5) is 0. The van der Waals surface area contributed by atoms with Crippen molar-refractivity contribution >= 4 is 35.5 Å². The Kier molecular flexibility index (Phi) is 6.03. The summed E-state index contributed by atoms with van der Waals surface area (Å²) in [5.74, 6) is 0.860. The number of rotatable bonds is 7. The second-order valence-corrected chi connectivity index (χ2v) is 9.62. The van der Waals surface area contributed by atoms with Crippen molar-refractivity contribution in [3.8, 4) is 11.5 Å². The van der Waals surface area contributed by atoms with Crippen LogP contribution in [0.5, 0.6) is 11.5 Å². The number of para-hydroxylation sites is 2. The van der Waals surface area contributed by atoms with Gasteiger partial charge in [0.05, 0.1) is 6.21 Å². The molecule has 0 aliphatic rings. The van der Waals surface area contributed by atoms with Gasteiger partial charge in [-0.15, -0.1) is 0 Å². The lowest BCUT2D eigenvalue weighted by molar-refractivity contribution is 0.312. The summed E-state index contributed by atoms with van der Waals surface area (Å²) >= 11 is 0. The lowest BCUT2D eigenvalue weighted by atomic mass is 9.97. The Morgan fingerprint density at radius 2 is 1.12 bits per heavy atom. The third kappa shape index (κ3) is 4.52. The fourth-order valence-electron chi connectivity index (χ4n) is 3.76. The van der Waals surface area contributed by atoms with Crippen molar-refractivity contribution in [2.24, 2.45) is 5.10 Å². The van der Waals surface area contributed by atoms with Gasteiger partial charge in [0, 0.05) is 12.6 Å². The highest BCUT2D eigenvalue weighted by molar-refractivity contribution is 7.52. The zero-order valence-corrected chi connectivity index (χ0v) is 19.5. The smallest absolute Gasteiger partial charge is 0.399 e. The van der Waals surface area contributed by atoms with E-state index in [9.17, 15) is 4.57 Å². The van der Waals surface area contributed by atoms with Crippen molar-refractivity contribution in [2.75, 3.05) is 7.05 Å². The Hall–Kier alpha value is -4.08. The normalized spacial score (nSPS) is 11.7. The summed E-state index contributed by atoms with van der Waals surface area (Å²) in [7, 11) is -2.28. The standard InChI is InChI=1S/C28H23N2O3P/c1-30(34(31,32-24-14-4-2-5-15-24)33-25-16-6-3-7-17-25)29-21-28-26-18-10-8-12-22(26)20-23-13-9-11-19-27(23)28/h2-21H,1H3/b29-21+. The minimum atomic E-state index is -3.88. The quantitative estimate of drug-likeness (QED) is 0.108. The molecule has 0 fully saturated rings. The van der Waals surface area contributed by atoms with Crippen LogP contribution in [-0.4, -0.2) is 18.0 Å². The average Bonchev–Trinajstić information content (AvgIpc) is 2.87. The van der Waals surface area contributed by atoms with E-state index >= 15 is 0 Å². The molecule has 0 amide bonds. The van der Waals surface area contributed by atoms with Gasteiger partial charge in [-0.1, -0.05) is 84.9 Å². The average molecular weight is 466 g/mol. The molecule has 0 radical (unpaired) electrons. The van der Waals surface area contributed by atoms with Crippen LogP contribution in [0.15, 0.2) is 120 Å². The van der Waals surface area contributed by atoms with Gasteiger partial charge in [-0.05, 0) is 51.9 Å². The molecular weight excluding hydrogens is 443 g/mol. The van der Waals surface area contributed by atoms with Crippen LogP contribution in [0.25, 0.3) is 21.5 Å². The zero-order valence-electron chi connectivity index (χ0n) is 18.6. The maximum atomic E-state index is 14.0. The Morgan fingerprint density at radius 1 is 0.676 bits per heavy atom. The second kappa shape index (κ2) is 9.42. The molecule has 5 aromatic carbocycles. The summed E-state index contributed by atoms with van der Waals surface area (Å²) in [5.41, 5.74) is 0.937. The molecule has 0 atom stereocenters. The van der Waals surface area contributed by atoms with E-state index < -0.39 is 7.75 Å². The lowest BCUT2D eigenvalue weighted by Crippen LogP contribution is -2.17. The maximum absolute atomic E-state index is 14.0. The van der Waals surface area contributed by atoms with Gasteiger partial charge in [0.1, 0.15) is 11.5 Å². The number of hydrazone groups is 1. The van der Waals surface area contributed by atoms with Crippen molar-refractivity contribution in [3.63, 3.8) is 0 Å². The predicted molar refractivity (Wildman–Crippen MR) is 139 cm³/mol. The number of benzene rings is 5. The predicted octanol–water partition coefficient (Wildman–Crippen LogP) is 7.52. The monoisotopic (exact) mass is 466 g/mol. The maximum Gasteiger partial charge on any atom is 0.559 e. The van der Waals surface area contributed by atoms with Crippen molar-refractivity contribution < 1.29 is 13.6 Å². The van der Waals surface area contributed by atoms with Gasteiger partial charge in [-0.25, -0.2) is 4.57 Å². The van der Waals surface area contributed by atoms with Crippen molar-refractivity contribution in [3.05, 3.63) is 121 Å². The molecule has 0 heterocycles. The van der Waals surface area contributed by atoms with E-state index in [4.69, 9.17) is 9.05 Å². The largest absolute Gasteiger partial charge is 0.559 e. The molecule has 0 saturated heterocycles. The topological polar surface area (TPSA) is 51.1 Å². The summed E-state index contributed by atoms with van der Waals surface area (Å²) in [6, 6.07) is 36.4. The van der Waals surface area contributed by atoms with Crippen LogP contribution in [0.4, 0.5) is 0 Å². The SMILES string of the molecule is CN(/N=C/c1c2ccccc2cc2ccccc12)P(=O)(Oc1ccccc1)Oc1ccccc1. The summed E-state index contributed by atoms with van der Waals surface area (Å²) in [5, 5.41) is 8.88. The molecule has 0 spiro atoms. The molecule has 0 aliphatic carbocycles. The van der Waals surface area contributed by atoms with Crippen molar-refractivity contribution in [2.45, 2.75) is 0 Å². The molecule has 5 aromatic rings. The number of hydrogen-bond donors (Lipinski definition) is 0. The number of nitrogens with zero attached hydrogens (tertiary/aromatic N) is 2. The van der Waals surface area contributed by atoms with Crippen molar-refractivity contribution in [1.82, 2.24) is 4.78 Å². The summed E-state index contributed by atoms with van der Waals surface area (Å²) in [6.45, 7) is 0. The molecule has 0 N–H and O–H groups in total. The van der Waals surface area contributed by atoms with Gasteiger partial charge in [-0.3, -0.25) is 0 Å². The fourth-order valence-corrected chi connectivity index (χ4v) is 4.99. The first-order chi connectivity index (χ1) is 16.6. The molecule has 0 unspecified atom stereocenters. The van der Waals surface area contributed by atoms with Crippen LogP contribution in [0.1, 0.15) is 5.56 Å². The third-order valence-electron chi connectivity index (χ3n) is 5.45. The highest BCUT2D eigenvalue weighted by atomic mass is 31.2. The molecule has 6 heteroatoms. The Labute approximate surface area is 198 Å². The van der Waals surface area contributed by atoms with Crippen LogP contribution < -0.4 is 9.05 Å². The molecule has 0 aromatic heterocycles. The molecule has 168 valence electrons. The van der Waals surface area contributed by atoms with Crippen LogP contribution >= 0.6 is 7.75 Å². The van der Waals surface area contributed by atoms with Gasteiger partial charge >= 0.3 is 7.75 Å². The molecule has 34 heavy (non-hydrogen) atoms. The second-order valence-electron chi connectivity index (χ2n) is 7.74. The molecule has 0 aliphatic heterocycles. The highest BCUT2D eigenvalue weighted by Gasteiger charge is 2.34. The summed E-state index contributed by atoms with van der Waals surface area (Å²) in [6.07, 6.45) is 1.72. The van der Waals surface area contributed by atoms with E-state index in [0.717, 1.165) is 27.1 Å².